The van der Waals surface area contributed by atoms with Gasteiger partial charge in [0.1, 0.15) is 0 Å². The highest BCUT2D eigenvalue weighted by molar-refractivity contribution is 5.69. The van der Waals surface area contributed by atoms with Crippen LogP contribution in [0, 0.1) is 25.7 Å². The fraction of sp³-hybridized carbons (Fsp3) is 0.706. The van der Waals surface area contributed by atoms with Crippen LogP contribution in [0.2, 0.25) is 0 Å². The number of carbonyl (C=O) groups is 1. The van der Waals surface area contributed by atoms with Gasteiger partial charge in [0.25, 0.3) is 5.56 Å². The number of likely N-dealkylation sites (N-methyl/N-ethyl adjacent to an activating group) is 1. The number of carboxylic acid groups (broad SMARTS) is 1. The molecule has 0 amide bonds. The number of hydrogen-bond donors (Lipinski definition) is 1. The van der Waals surface area contributed by atoms with Gasteiger partial charge in [0.15, 0.2) is 0 Å². The molecule has 1 aromatic rings. The van der Waals surface area contributed by atoms with Gasteiger partial charge in [0, 0.05) is 18.5 Å². The van der Waals surface area contributed by atoms with E-state index in [9.17, 15) is 14.7 Å². The predicted octanol–water partition coefficient (Wildman–Crippen LogP) is 1.71. The average molecular weight is 323 g/mol. The van der Waals surface area contributed by atoms with Crippen molar-refractivity contribution in [1.82, 2.24) is 14.7 Å². The summed E-state index contributed by atoms with van der Waals surface area (Å²) in [5.41, 5.74) is 2.24. The van der Waals surface area contributed by atoms with Crippen LogP contribution in [0.5, 0.6) is 0 Å². The van der Waals surface area contributed by atoms with E-state index >= 15 is 0 Å². The molecule has 6 nitrogen and oxygen atoms in total. The third-order valence-electron chi connectivity index (χ3n) is 4.09. The second-order valence-corrected chi connectivity index (χ2v) is 6.90. The van der Waals surface area contributed by atoms with Gasteiger partial charge in [-0.15, -0.1) is 0 Å². The molecule has 0 aromatic carbocycles. The first-order valence-electron chi connectivity index (χ1n) is 8.08. The second kappa shape index (κ2) is 8.24. The Balaban J connectivity index is 3.14. The molecule has 23 heavy (non-hydrogen) atoms. The smallest absolute Gasteiger partial charge is 0.308 e. The molecule has 130 valence electrons. The Kier molecular flexibility index (Phi) is 6.94. The number of aromatic nitrogens is 2. The van der Waals surface area contributed by atoms with Gasteiger partial charge in [0.05, 0.1) is 18.2 Å². The minimum Gasteiger partial charge on any atom is -0.481 e. The van der Waals surface area contributed by atoms with E-state index in [0.29, 0.717) is 12.0 Å². The van der Waals surface area contributed by atoms with Crippen molar-refractivity contribution in [1.29, 1.82) is 0 Å². The Bertz CT molecular complexity index is 606. The van der Waals surface area contributed by atoms with Crippen LogP contribution in [0.15, 0.2) is 4.79 Å². The minimum atomic E-state index is -0.875. The van der Waals surface area contributed by atoms with E-state index in [0.717, 1.165) is 24.2 Å². The van der Waals surface area contributed by atoms with Gasteiger partial charge in [-0.2, -0.15) is 5.10 Å². The van der Waals surface area contributed by atoms with E-state index in [-0.39, 0.29) is 18.0 Å². The molecule has 0 saturated heterocycles. The van der Waals surface area contributed by atoms with Crippen LogP contribution in [-0.2, 0) is 17.8 Å². The van der Waals surface area contributed by atoms with E-state index in [1.807, 2.05) is 34.9 Å². The maximum Gasteiger partial charge on any atom is 0.308 e. The molecule has 1 heterocycles. The number of hydrogen-bond acceptors (Lipinski definition) is 4. The molecule has 1 rings (SSSR count). The first-order chi connectivity index (χ1) is 10.6. The third kappa shape index (κ3) is 5.46. The Morgan fingerprint density at radius 2 is 1.87 bits per heavy atom. The lowest BCUT2D eigenvalue weighted by Crippen LogP contribution is -2.33. The van der Waals surface area contributed by atoms with E-state index in [1.54, 1.807) is 6.92 Å². The van der Waals surface area contributed by atoms with Gasteiger partial charge < -0.3 is 10.0 Å². The normalized spacial score (nSPS) is 12.9. The molecule has 0 unspecified atom stereocenters. The van der Waals surface area contributed by atoms with Crippen molar-refractivity contribution in [3.63, 3.8) is 0 Å². The maximum absolute atomic E-state index is 12.4. The molecule has 0 radical (unpaired) electrons. The lowest BCUT2D eigenvalue weighted by molar-refractivity contribution is -0.142. The van der Waals surface area contributed by atoms with Gasteiger partial charge in [-0.25, -0.2) is 4.68 Å². The van der Waals surface area contributed by atoms with Crippen molar-refractivity contribution in [2.24, 2.45) is 11.8 Å². The van der Waals surface area contributed by atoms with Crippen molar-refractivity contribution >= 4 is 5.97 Å². The molecular weight excluding hydrogens is 294 g/mol. The van der Waals surface area contributed by atoms with Gasteiger partial charge in [-0.1, -0.05) is 13.8 Å². The second-order valence-electron chi connectivity index (χ2n) is 6.90. The quantitative estimate of drug-likeness (QED) is 0.788. The molecule has 1 atom stereocenters. The highest BCUT2D eigenvalue weighted by Gasteiger charge is 2.22. The summed E-state index contributed by atoms with van der Waals surface area (Å²) in [6.07, 6.45) is 1.27. The van der Waals surface area contributed by atoms with Crippen LogP contribution in [-0.4, -0.2) is 46.4 Å². The summed E-state index contributed by atoms with van der Waals surface area (Å²) in [7, 11) is 3.97. The summed E-state index contributed by atoms with van der Waals surface area (Å²) in [4.78, 5) is 25.9. The zero-order chi connectivity index (χ0) is 17.7. The summed E-state index contributed by atoms with van der Waals surface area (Å²) in [6, 6.07) is 0. The lowest BCUT2D eigenvalue weighted by Gasteiger charge is -2.18. The summed E-state index contributed by atoms with van der Waals surface area (Å²) in [6.45, 7) is 8.61. The van der Waals surface area contributed by atoms with E-state index in [4.69, 9.17) is 0 Å². The molecule has 0 bridgehead atoms. The summed E-state index contributed by atoms with van der Waals surface area (Å²) >= 11 is 0. The van der Waals surface area contributed by atoms with Crippen molar-refractivity contribution in [2.75, 3.05) is 20.6 Å². The first-order valence-corrected chi connectivity index (χ1v) is 8.08. The molecule has 0 aliphatic carbocycles. The van der Waals surface area contributed by atoms with Crippen LogP contribution < -0.4 is 5.56 Å². The van der Waals surface area contributed by atoms with Gasteiger partial charge in [-0.3, -0.25) is 9.59 Å². The van der Waals surface area contributed by atoms with Gasteiger partial charge in [-0.05, 0) is 45.8 Å². The minimum absolute atomic E-state index is 0.127. The van der Waals surface area contributed by atoms with E-state index < -0.39 is 11.9 Å². The Hall–Kier alpha value is -1.69. The fourth-order valence-electron chi connectivity index (χ4n) is 2.56. The van der Waals surface area contributed by atoms with Crippen molar-refractivity contribution in [2.45, 2.75) is 47.1 Å². The summed E-state index contributed by atoms with van der Waals surface area (Å²) in [5.74, 6) is -1.21. The Morgan fingerprint density at radius 3 is 2.35 bits per heavy atom. The summed E-state index contributed by atoms with van der Waals surface area (Å²) in [5, 5.41) is 13.8. The monoisotopic (exact) mass is 323 g/mol. The number of rotatable bonds is 8. The molecule has 0 saturated carbocycles. The Labute approximate surface area is 138 Å². The highest BCUT2D eigenvalue weighted by atomic mass is 16.4. The van der Waals surface area contributed by atoms with Crippen LogP contribution in [0.3, 0.4) is 0 Å². The van der Waals surface area contributed by atoms with Crippen LogP contribution in [0.4, 0.5) is 0 Å². The lowest BCUT2D eigenvalue weighted by atomic mass is 9.97. The first kappa shape index (κ1) is 19.4. The van der Waals surface area contributed by atoms with Crippen molar-refractivity contribution in [3.05, 3.63) is 27.2 Å². The van der Waals surface area contributed by atoms with Gasteiger partial charge in [0.2, 0.25) is 0 Å². The van der Waals surface area contributed by atoms with E-state index in [2.05, 4.69) is 10.00 Å². The zero-order valence-electron chi connectivity index (χ0n) is 15.1. The van der Waals surface area contributed by atoms with Crippen LogP contribution in [0.1, 0.15) is 37.1 Å². The van der Waals surface area contributed by atoms with Crippen molar-refractivity contribution < 1.29 is 9.90 Å². The molecule has 1 aromatic heterocycles. The van der Waals surface area contributed by atoms with E-state index in [1.165, 1.54) is 4.68 Å². The molecule has 6 heteroatoms. The summed E-state index contributed by atoms with van der Waals surface area (Å²) < 4.78 is 1.34. The van der Waals surface area contributed by atoms with Crippen molar-refractivity contribution in [3.8, 4) is 0 Å². The standard InChI is InChI=1S/C17H29N3O3/c1-11(2)9-14(17(22)23)10-20-16(21)13(4)12(3)15(18-20)7-8-19(5)6/h11,14H,7-10H2,1-6H3,(H,22,23)/t14-/m0/s1. The number of nitrogens with zero attached hydrogens (tertiary/aromatic N) is 3. The molecule has 1 N–H and O–H groups in total. The maximum atomic E-state index is 12.4. The van der Waals surface area contributed by atoms with Gasteiger partial charge >= 0.3 is 5.97 Å². The molecule has 0 aliphatic rings. The topological polar surface area (TPSA) is 75.4 Å². The number of carboxylic acids is 1. The molecule has 0 aliphatic heterocycles. The average Bonchev–Trinajstić information content (AvgIpc) is 2.44. The largest absolute Gasteiger partial charge is 0.481 e. The van der Waals surface area contributed by atoms with Crippen LogP contribution >= 0.6 is 0 Å². The Morgan fingerprint density at radius 1 is 1.26 bits per heavy atom. The fourth-order valence-corrected chi connectivity index (χ4v) is 2.56. The molecule has 0 fully saturated rings. The SMILES string of the molecule is Cc1c(CCN(C)C)nn(C[C@H](CC(C)C)C(=O)O)c(=O)c1C. The number of aliphatic carboxylic acids is 1. The third-order valence-corrected chi connectivity index (χ3v) is 4.09. The highest BCUT2D eigenvalue weighted by Crippen LogP contribution is 2.15. The zero-order valence-corrected chi connectivity index (χ0v) is 15.1. The van der Waals surface area contributed by atoms with Crippen LogP contribution in [0.25, 0.3) is 0 Å². The predicted molar refractivity (Wildman–Crippen MR) is 90.8 cm³/mol. The molecule has 0 spiro atoms. The molecular formula is C17H29N3O3.